The number of carbonyl (C=O) groups excluding carboxylic acids is 1. The zero-order valence-electron chi connectivity index (χ0n) is 16.5. The number of amides is 1. The summed E-state index contributed by atoms with van der Waals surface area (Å²) in [4.78, 5) is 15.7. The molecule has 0 saturated carbocycles. The van der Waals surface area contributed by atoms with Crippen LogP contribution in [0.5, 0.6) is 5.75 Å². The van der Waals surface area contributed by atoms with E-state index in [9.17, 15) is 4.79 Å². The molecule has 2 aromatic rings. The summed E-state index contributed by atoms with van der Waals surface area (Å²) in [7, 11) is 1.62. The van der Waals surface area contributed by atoms with Crippen LogP contribution in [0.1, 0.15) is 18.1 Å². The summed E-state index contributed by atoms with van der Waals surface area (Å²) >= 11 is 0. The number of ether oxygens (including phenoxy) is 1. The summed E-state index contributed by atoms with van der Waals surface area (Å²) in [5, 5.41) is 3.02. The van der Waals surface area contributed by atoms with Crippen LogP contribution in [0.2, 0.25) is 0 Å². The Hall–Kier alpha value is -2.37. The predicted octanol–water partition coefficient (Wildman–Crippen LogP) is 0.314. The van der Waals surface area contributed by atoms with Crippen molar-refractivity contribution in [3.8, 4) is 5.75 Å². The molecule has 0 aliphatic carbocycles. The van der Waals surface area contributed by atoms with E-state index >= 15 is 0 Å². The number of quaternary nitrogens is 2. The van der Waals surface area contributed by atoms with E-state index in [2.05, 4.69) is 36.5 Å². The highest BCUT2D eigenvalue weighted by Crippen LogP contribution is 2.22. The second-order valence-corrected chi connectivity index (χ2v) is 7.49. The Morgan fingerprint density at radius 3 is 2.56 bits per heavy atom. The van der Waals surface area contributed by atoms with Crippen molar-refractivity contribution in [3.05, 3.63) is 59.7 Å². The van der Waals surface area contributed by atoms with Gasteiger partial charge in [-0.2, -0.15) is 0 Å². The van der Waals surface area contributed by atoms with E-state index in [-0.39, 0.29) is 11.9 Å². The number of aryl methyl sites for hydroxylation is 1. The highest BCUT2D eigenvalue weighted by molar-refractivity contribution is 5.94. The van der Waals surface area contributed by atoms with Crippen LogP contribution in [-0.2, 0) is 11.3 Å². The average molecular weight is 370 g/mol. The lowest BCUT2D eigenvalue weighted by molar-refractivity contribution is -1.02. The molecule has 0 unspecified atom stereocenters. The average Bonchev–Trinajstić information content (AvgIpc) is 2.68. The minimum absolute atomic E-state index is 0.0524. The molecule has 0 radical (unpaired) electrons. The van der Waals surface area contributed by atoms with Gasteiger partial charge in [0.05, 0.1) is 12.8 Å². The summed E-state index contributed by atoms with van der Waals surface area (Å²) in [6.07, 6.45) is 0. The fourth-order valence-corrected chi connectivity index (χ4v) is 3.82. The molecule has 1 fully saturated rings. The van der Waals surface area contributed by atoms with Crippen LogP contribution in [0.15, 0.2) is 48.5 Å². The van der Waals surface area contributed by atoms with Gasteiger partial charge in [0.25, 0.3) is 5.91 Å². The van der Waals surface area contributed by atoms with Gasteiger partial charge in [-0.1, -0.05) is 42.0 Å². The van der Waals surface area contributed by atoms with E-state index in [1.54, 1.807) is 12.0 Å². The molecule has 1 heterocycles. The Balaban J connectivity index is 1.51. The smallest absolute Gasteiger partial charge is 0.282 e. The lowest BCUT2D eigenvalue weighted by Gasteiger charge is -2.32. The number of piperazine rings is 1. The van der Waals surface area contributed by atoms with E-state index in [1.807, 2.05) is 31.2 Å². The van der Waals surface area contributed by atoms with Gasteiger partial charge in [0.1, 0.15) is 38.5 Å². The molecule has 1 aliphatic rings. The van der Waals surface area contributed by atoms with Crippen LogP contribution in [0.3, 0.4) is 0 Å². The van der Waals surface area contributed by atoms with Gasteiger partial charge in [-0.3, -0.25) is 4.79 Å². The van der Waals surface area contributed by atoms with Crippen LogP contribution in [0, 0.1) is 6.92 Å². The molecule has 2 aromatic carbocycles. The first-order valence-corrected chi connectivity index (χ1v) is 9.74. The van der Waals surface area contributed by atoms with Crippen LogP contribution in [0.25, 0.3) is 0 Å². The van der Waals surface area contributed by atoms with Crippen molar-refractivity contribution in [2.45, 2.75) is 26.4 Å². The van der Waals surface area contributed by atoms with Gasteiger partial charge < -0.3 is 19.9 Å². The number of methoxy groups -OCH3 is 1. The van der Waals surface area contributed by atoms with Crippen LogP contribution >= 0.6 is 0 Å². The van der Waals surface area contributed by atoms with Gasteiger partial charge in [-0.05, 0) is 26.0 Å². The van der Waals surface area contributed by atoms with Gasteiger partial charge in [-0.25, -0.2) is 0 Å². The lowest BCUT2D eigenvalue weighted by Crippen LogP contribution is -3.29. The quantitative estimate of drug-likeness (QED) is 0.687. The molecule has 1 atom stereocenters. The molecule has 5 nitrogen and oxygen atoms in total. The Bertz CT molecular complexity index is 770. The van der Waals surface area contributed by atoms with Gasteiger partial charge >= 0.3 is 0 Å². The molecule has 3 N–H and O–H groups in total. The maximum absolute atomic E-state index is 12.7. The van der Waals surface area contributed by atoms with Gasteiger partial charge in [-0.15, -0.1) is 0 Å². The fraction of sp³-hybridized carbons (Fsp3) is 0.409. The molecule has 1 amide bonds. The molecule has 5 heteroatoms. The zero-order valence-corrected chi connectivity index (χ0v) is 16.5. The van der Waals surface area contributed by atoms with Crippen LogP contribution in [-0.4, -0.2) is 45.2 Å². The normalized spacial score (nSPS) is 20.7. The maximum Gasteiger partial charge on any atom is 0.282 e. The second kappa shape index (κ2) is 9.02. The molecule has 144 valence electrons. The minimum atomic E-state index is -0.0737. The van der Waals surface area contributed by atoms with Crippen LogP contribution in [0.4, 0.5) is 5.69 Å². The first-order chi connectivity index (χ1) is 13.1. The minimum Gasteiger partial charge on any atom is -0.495 e. The van der Waals surface area contributed by atoms with E-state index in [0.29, 0.717) is 5.75 Å². The summed E-state index contributed by atoms with van der Waals surface area (Å²) in [5.41, 5.74) is 3.45. The third-order valence-corrected chi connectivity index (χ3v) is 5.51. The third kappa shape index (κ3) is 5.08. The summed E-state index contributed by atoms with van der Waals surface area (Å²) < 4.78 is 5.33. The van der Waals surface area contributed by atoms with Gasteiger partial charge in [0, 0.05) is 5.56 Å². The third-order valence-electron chi connectivity index (χ3n) is 5.51. The molecule has 3 rings (SSSR count). The Morgan fingerprint density at radius 2 is 1.85 bits per heavy atom. The highest BCUT2D eigenvalue weighted by Gasteiger charge is 2.31. The monoisotopic (exact) mass is 369 g/mol. The summed E-state index contributed by atoms with van der Waals surface area (Å²) in [6.45, 7) is 9.44. The van der Waals surface area contributed by atoms with Gasteiger partial charge in [0.2, 0.25) is 0 Å². The topological polar surface area (TPSA) is 47.2 Å². The molecule has 0 spiro atoms. The number of para-hydroxylation sites is 2. The second-order valence-electron chi connectivity index (χ2n) is 7.49. The summed E-state index contributed by atoms with van der Waals surface area (Å²) in [6, 6.07) is 16.2. The van der Waals surface area contributed by atoms with Crippen molar-refractivity contribution in [2.75, 3.05) is 38.6 Å². The largest absolute Gasteiger partial charge is 0.495 e. The number of hydrogen-bond donors (Lipinski definition) is 3. The number of hydrogen-bond acceptors (Lipinski definition) is 2. The van der Waals surface area contributed by atoms with E-state index in [0.717, 1.165) is 38.4 Å². The molecular weight excluding hydrogens is 338 g/mol. The Labute approximate surface area is 161 Å². The number of carbonyl (C=O) groups is 1. The van der Waals surface area contributed by atoms with Crippen molar-refractivity contribution in [3.63, 3.8) is 0 Å². The first kappa shape index (κ1) is 19.4. The van der Waals surface area contributed by atoms with Crippen molar-refractivity contribution >= 4 is 11.6 Å². The van der Waals surface area contributed by atoms with E-state index < -0.39 is 0 Å². The number of anilines is 1. The Morgan fingerprint density at radius 1 is 1.11 bits per heavy atom. The maximum atomic E-state index is 12.7. The SMILES string of the molecule is COc1ccccc1NC(=O)[C@@H](C)[NH+]1CC[NH+](Cc2cccc(C)c2)CC1. The molecule has 0 aromatic heterocycles. The van der Waals surface area contributed by atoms with E-state index in [4.69, 9.17) is 4.74 Å². The molecule has 1 aliphatic heterocycles. The van der Waals surface area contributed by atoms with E-state index in [1.165, 1.54) is 16.0 Å². The molecule has 0 bridgehead atoms. The Kier molecular flexibility index (Phi) is 6.48. The summed E-state index contributed by atoms with van der Waals surface area (Å²) in [5.74, 6) is 0.747. The molecule has 1 saturated heterocycles. The molecular formula is C22H31N3O2+2. The van der Waals surface area contributed by atoms with Crippen molar-refractivity contribution in [2.24, 2.45) is 0 Å². The standard InChI is InChI=1S/C22H29N3O2/c1-17-7-6-8-19(15-17)16-24-11-13-25(14-12-24)18(2)22(26)23-20-9-4-5-10-21(20)27-3/h4-10,15,18H,11-14,16H2,1-3H3,(H,23,26)/p+2/t18-/m1/s1. The van der Waals surface area contributed by atoms with Crippen molar-refractivity contribution in [1.29, 1.82) is 0 Å². The highest BCUT2D eigenvalue weighted by atomic mass is 16.5. The lowest BCUT2D eigenvalue weighted by atomic mass is 10.1. The van der Waals surface area contributed by atoms with Gasteiger partial charge in [0.15, 0.2) is 6.04 Å². The number of nitrogens with one attached hydrogen (secondary N) is 3. The molecule has 27 heavy (non-hydrogen) atoms. The number of rotatable bonds is 6. The van der Waals surface area contributed by atoms with Crippen molar-refractivity contribution in [1.82, 2.24) is 0 Å². The van der Waals surface area contributed by atoms with Crippen molar-refractivity contribution < 1.29 is 19.3 Å². The fourth-order valence-electron chi connectivity index (χ4n) is 3.82. The first-order valence-electron chi connectivity index (χ1n) is 9.74. The van der Waals surface area contributed by atoms with Crippen LogP contribution < -0.4 is 19.9 Å². The predicted molar refractivity (Wildman–Crippen MR) is 107 cm³/mol. The number of benzene rings is 2. The zero-order chi connectivity index (χ0) is 19.2.